The van der Waals surface area contributed by atoms with Gasteiger partial charge in [0.2, 0.25) is 0 Å². The minimum atomic E-state index is -0.0833. The van der Waals surface area contributed by atoms with Crippen LogP contribution in [0.5, 0.6) is 0 Å². The number of esters is 1. The van der Waals surface area contributed by atoms with Crippen LogP contribution in [-0.2, 0) is 9.53 Å². The van der Waals surface area contributed by atoms with Gasteiger partial charge in [-0.3, -0.25) is 4.79 Å². The molecule has 0 atom stereocenters. The Morgan fingerprint density at radius 1 is 0.941 bits per heavy atom. The molecule has 2 nitrogen and oxygen atoms in total. The van der Waals surface area contributed by atoms with Gasteiger partial charge in [-0.05, 0) is 26.2 Å². The number of hydrogen-bond donors (Lipinski definition) is 0. The van der Waals surface area contributed by atoms with Gasteiger partial charge in [-0.25, -0.2) is 0 Å². The predicted octanol–water partition coefficient (Wildman–Crippen LogP) is 4.08. The van der Waals surface area contributed by atoms with Gasteiger partial charge in [0.05, 0.1) is 6.61 Å². The van der Waals surface area contributed by atoms with Crippen LogP contribution in [0, 0.1) is 11.8 Å². The first-order valence-corrected chi connectivity index (χ1v) is 6.92. The Hall–Kier alpha value is -0.970. The molecule has 0 unspecified atom stereocenters. The van der Waals surface area contributed by atoms with E-state index in [-0.39, 0.29) is 5.97 Å². The fourth-order valence-corrected chi connectivity index (χ4v) is 1.53. The van der Waals surface area contributed by atoms with E-state index in [0.717, 1.165) is 25.7 Å². The molecule has 0 saturated carbocycles. The van der Waals surface area contributed by atoms with E-state index in [1.165, 1.54) is 25.7 Å². The molecule has 0 amide bonds. The molecule has 0 aliphatic heterocycles. The lowest BCUT2D eigenvalue weighted by Gasteiger charge is -1.99. The van der Waals surface area contributed by atoms with Crippen LogP contribution in [0.2, 0.25) is 0 Å². The Bertz CT molecular complexity index is 235. The summed E-state index contributed by atoms with van der Waals surface area (Å²) in [5.74, 6) is 6.27. The van der Waals surface area contributed by atoms with Gasteiger partial charge in [0.15, 0.2) is 0 Å². The molecule has 0 heterocycles. The molecule has 0 fully saturated rings. The lowest BCUT2D eigenvalue weighted by molar-refractivity contribution is -0.143. The van der Waals surface area contributed by atoms with Crippen LogP contribution in [0.3, 0.4) is 0 Å². The second-order valence-electron chi connectivity index (χ2n) is 4.18. The van der Waals surface area contributed by atoms with E-state index < -0.39 is 0 Å². The summed E-state index contributed by atoms with van der Waals surface area (Å²) in [6.07, 6.45) is 9.49. The molecule has 0 aliphatic carbocycles. The first kappa shape index (κ1) is 16.0. The van der Waals surface area contributed by atoms with Crippen molar-refractivity contribution in [3.63, 3.8) is 0 Å². The maximum Gasteiger partial charge on any atom is 0.305 e. The van der Waals surface area contributed by atoms with Crippen molar-refractivity contribution in [2.24, 2.45) is 0 Å². The van der Waals surface area contributed by atoms with Crippen molar-refractivity contribution in [2.75, 3.05) is 6.61 Å². The number of carbonyl (C=O) groups is 1. The van der Waals surface area contributed by atoms with E-state index in [1.807, 2.05) is 6.92 Å². The number of hydrogen-bond acceptors (Lipinski definition) is 2. The van der Waals surface area contributed by atoms with Gasteiger partial charge in [-0.15, -0.1) is 11.8 Å². The minimum Gasteiger partial charge on any atom is -0.466 e. The summed E-state index contributed by atoms with van der Waals surface area (Å²) in [6.45, 7) is 4.54. The Morgan fingerprint density at radius 3 is 2.18 bits per heavy atom. The molecule has 2 heteroatoms. The minimum absolute atomic E-state index is 0.0833. The first-order valence-electron chi connectivity index (χ1n) is 6.92. The van der Waals surface area contributed by atoms with Crippen LogP contribution in [0.4, 0.5) is 0 Å². The Morgan fingerprint density at radius 2 is 1.59 bits per heavy atom. The summed E-state index contributed by atoms with van der Waals surface area (Å²) in [5, 5.41) is 0. The summed E-state index contributed by atoms with van der Waals surface area (Å²) in [5.41, 5.74) is 0. The third kappa shape index (κ3) is 13.0. The summed E-state index contributed by atoms with van der Waals surface area (Å²) < 4.78 is 4.85. The molecule has 0 spiro atoms. The van der Waals surface area contributed by atoms with Crippen molar-refractivity contribution in [3.8, 4) is 11.8 Å². The van der Waals surface area contributed by atoms with Crippen molar-refractivity contribution < 1.29 is 9.53 Å². The summed E-state index contributed by atoms with van der Waals surface area (Å²) in [6, 6.07) is 0. The zero-order chi connectivity index (χ0) is 12.8. The van der Waals surface area contributed by atoms with Gasteiger partial charge < -0.3 is 4.74 Å². The molecular formula is C15H26O2. The van der Waals surface area contributed by atoms with Crippen molar-refractivity contribution in [1.82, 2.24) is 0 Å². The number of carbonyl (C=O) groups excluding carboxylic acids is 1. The van der Waals surface area contributed by atoms with Gasteiger partial charge in [-0.1, -0.05) is 26.2 Å². The average molecular weight is 238 g/mol. The number of unbranched alkanes of at least 4 members (excludes halogenated alkanes) is 6. The summed E-state index contributed by atoms with van der Waals surface area (Å²) in [4.78, 5) is 11.0. The molecule has 0 radical (unpaired) electrons. The molecule has 0 aromatic heterocycles. The van der Waals surface area contributed by atoms with Crippen molar-refractivity contribution >= 4 is 5.97 Å². The van der Waals surface area contributed by atoms with E-state index >= 15 is 0 Å². The van der Waals surface area contributed by atoms with Gasteiger partial charge >= 0.3 is 5.97 Å². The lowest BCUT2D eigenvalue weighted by Crippen LogP contribution is -2.02. The highest BCUT2D eigenvalue weighted by Gasteiger charge is 1.99. The SMILES string of the molecule is CCCCCCC#CCCCCC(=O)OCC. The maximum absolute atomic E-state index is 11.0. The molecule has 98 valence electrons. The van der Waals surface area contributed by atoms with Crippen molar-refractivity contribution in [1.29, 1.82) is 0 Å². The second kappa shape index (κ2) is 13.1. The monoisotopic (exact) mass is 238 g/mol. The van der Waals surface area contributed by atoms with Crippen LogP contribution in [0.25, 0.3) is 0 Å². The quantitative estimate of drug-likeness (QED) is 0.343. The van der Waals surface area contributed by atoms with Gasteiger partial charge in [0.1, 0.15) is 0 Å². The largest absolute Gasteiger partial charge is 0.466 e. The van der Waals surface area contributed by atoms with Crippen LogP contribution in [0.1, 0.15) is 71.6 Å². The second-order valence-corrected chi connectivity index (χ2v) is 4.18. The zero-order valence-corrected chi connectivity index (χ0v) is 11.4. The topological polar surface area (TPSA) is 26.3 Å². The molecule has 0 rings (SSSR count). The fourth-order valence-electron chi connectivity index (χ4n) is 1.53. The molecule has 0 saturated heterocycles. The highest BCUT2D eigenvalue weighted by Crippen LogP contribution is 2.02. The van der Waals surface area contributed by atoms with Gasteiger partial charge in [0, 0.05) is 19.3 Å². The Balaban J connectivity index is 3.22. The van der Waals surface area contributed by atoms with Gasteiger partial charge in [-0.2, -0.15) is 0 Å². The van der Waals surface area contributed by atoms with Gasteiger partial charge in [0.25, 0.3) is 0 Å². The summed E-state index contributed by atoms with van der Waals surface area (Å²) in [7, 11) is 0. The van der Waals surface area contributed by atoms with Crippen LogP contribution < -0.4 is 0 Å². The van der Waals surface area contributed by atoms with E-state index in [1.54, 1.807) is 0 Å². The Labute approximate surface area is 106 Å². The Kier molecular flexibility index (Phi) is 12.3. The molecule has 0 N–H and O–H groups in total. The third-order valence-corrected chi connectivity index (χ3v) is 2.52. The average Bonchev–Trinajstić information content (AvgIpc) is 2.32. The fraction of sp³-hybridized carbons (Fsp3) is 0.800. The molecular weight excluding hydrogens is 212 g/mol. The van der Waals surface area contributed by atoms with Crippen LogP contribution in [-0.4, -0.2) is 12.6 Å². The molecule has 0 aromatic carbocycles. The first-order chi connectivity index (χ1) is 8.31. The molecule has 0 bridgehead atoms. The molecule has 0 aromatic rings. The maximum atomic E-state index is 11.0. The number of ether oxygens (including phenoxy) is 1. The molecule has 0 aliphatic rings. The van der Waals surface area contributed by atoms with E-state index in [0.29, 0.717) is 13.0 Å². The van der Waals surface area contributed by atoms with E-state index in [2.05, 4.69) is 18.8 Å². The standard InChI is InChI=1S/C15H26O2/c1-3-5-6-7-8-9-10-11-12-13-14-15(16)17-4-2/h3-8,11-14H2,1-2H3. The van der Waals surface area contributed by atoms with E-state index in [9.17, 15) is 4.79 Å². The van der Waals surface area contributed by atoms with Crippen molar-refractivity contribution in [2.45, 2.75) is 71.6 Å². The highest BCUT2D eigenvalue weighted by atomic mass is 16.5. The smallest absolute Gasteiger partial charge is 0.305 e. The van der Waals surface area contributed by atoms with Crippen molar-refractivity contribution in [3.05, 3.63) is 0 Å². The normalized spacial score (nSPS) is 9.53. The van der Waals surface area contributed by atoms with Crippen LogP contribution in [0.15, 0.2) is 0 Å². The third-order valence-electron chi connectivity index (χ3n) is 2.52. The summed E-state index contributed by atoms with van der Waals surface area (Å²) >= 11 is 0. The lowest BCUT2D eigenvalue weighted by atomic mass is 10.1. The van der Waals surface area contributed by atoms with E-state index in [4.69, 9.17) is 4.74 Å². The highest BCUT2D eigenvalue weighted by molar-refractivity contribution is 5.69. The molecule has 17 heavy (non-hydrogen) atoms. The number of rotatable bonds is 9. The predicted molar refractivity (Wildman–Crippen MR) is 71.6 cm³/mol. The van der Waals surface area contributed by atoms with Crippen LogP contribution >= 0.6 is 0 Å². The zero-order valence-electron chi connectivity index (χ0n) is 11.4.